The molecule has 0 radical (unpaired) electrons. The highest BCUT2D eigenvalue weighted by Crippen LogP contribution is 2.15. The summed E-state index contributed by atoms with van der Waals surface area (Å²) < 4.78 is 12.4. The summed E-state index contributed by atoms with van der Waals surface area (Å²) in [4.78, 5) is 2.30. The molecule has 19 heavy (non-hydrogen) atoms. The van der Waals surface area contributed by atoms with Gasteiger partial charge in [-0.25, -0.2) is 0 Å². The van der Waals surface area contributed by atoms with Crippen LogP contribution in [0.15, 0.2) is 28.7 Å². The van der Waals surface area contributed by atoms with Crippen molar-refractivity contribution in [1.29, 1.82) is 0 Å². The molecule has 0 aliphatic carbocycles. The second kappa shape index (κ2) is 7.85. The average molecular weight is 329 g/mol. The molecule has 1 unspecified atom stereocenters. The number of rotatable bonds is 6. The highest BCUT2D eigenvalue weighted by Gasteiger charge is 2.16. The summed E-state index contributed by atoms with van der Waals surface area (Å²) in [6.07, 6.45) is 0.298. The molecule has 1 saturated heterocycles. The molecule has 1 aromatic carbocycles. The molecular formula is C14H21BrN2O2. The third-order valence-electron chi connectivity index (χ3n) is 3.08. The third-order valence-corrected chi connectivity index (χ3v) is 3.60. The zero-order valence-electron chi connectivity index (χ0n) is 11.3. The lowest BCUT2D eigenvalue weighted by Crippen LogP contribution is -2.45. The van der Waals surface area contributed by atoms with E-state index in [1.165, 1.54) is 0 Å². The van der Waals surface area contributed by atoms with Gasteiger partial charge in [0.25, 0.3) is 0 Å². The van der Waals surface area contributed by atoms with Crippen LogP contribution in [0.25, 0.3) is 0 Å². The van der Waals surface area contributed by atoms with Crippen LogP contribution < -0.4 is 10.1 Å². The molecule has 1 atom stereocenters. The van der Waals surface area contributed by atoms with Gasteiger partial charge >= 0.3 is 0 Å². The lowest BCUT2D eigenvalue weighted by molar-refractivity contribution is -0.0182. The van der Waals surface area contributed by atoms with E-state index < -0.39 is 0 Å². The van der Waals surface area contributed by atoms with E-state index in [1.54, 1.807) is 0 Å². The van der Waals surface area contributed by atoms with Crippen molar-refractivity contribution in [3.05, 3.63) is 28.7 Å². The van der Waals surface area contributed by atoms with Crippen molar-refractivity contribution in [3.63, 3.8) is 0 Å². The van der Waals surface area contributed by atoms with Crippen molar-refractivity contribution in [2.45, 2.75) is 6.10 Å². The molecule has 0 saturated carbocycles. The number of morpholine rings is 1. The second-order valence-corrected chi connectivity index (χ2v) is 5.68. The Bertz CT molecular complexity index is 372. The predicted octanol–water partition coefficient (Wildman–Crippen LogP) is 1.75. The molecule has 5 heteroatoms. The lowest BCUT2D eigenvalue weighted by atomic mass is 10.3. The van der Waals surface area contributed by atoms with Gasteiger partial charge in [0.05, 0.1) is 12.7 Å². The minimum absolute atomic E-state index is 0.298. The van der Waals surface area contributed by atoms with Crippen molar-refractivity contribution >= 4 is 15.9 Å². The van der Waals surface area contributed by atoms with Crippen LogP contribution in [0.1, 0.15) is 0 Å². The zero-order chi connectivity index (χ0) is 13.5. The van der Waals surface area contributed by atoms with E-state index in [1.807, 2.05) is 24.3 Å². The van der Waals surface area contributed by atoms with Crippen molar-refractivity contribution in [3.8, 4) is 5.75 Å². The molecule has 1 N–H and O–H groups in total. The molecule has 1 aliphatic heterocycles. The molecule has 4 nitrogen and oxygen atoms in total. The molecule has 106 valence electrons. The Labute approximate surface area is 123 Å². The van der Waals surface area contributed by atoms with Crippen LogP contribution in [-0.2, 0) is 4.74 Å². The fourth-order valence-corrected chi connectivity index (χ4v) is 2.29. The molecule has 0 aromatic heterocycles. The van der Waals surface area contributed by atoms with Gasteiger partial charge < -0.3 is 19.7 Å². The summed E-state index contributed by atoms with van der Waals surface area (Å²) in [7, 11) is 2.13. The van der Waals surface area contributed by atoms with Gasteiger partial charge in [0.1, 0.15) is 12.4 Å². The van der Waals surface area contributed by atoms with Gasteiger partial charge in [0.2, 0.25) is 0 Å². The van der Waals surface area contributed by atoms with E-state index in [4.69, 9.17) is 9.47 Å². The van der Waals surface area contributed by atoms with Gasteiger partial charge in [0, 0.05) is 30.7 Å². The maximum Gasteiger partial charge on any atom is 0.119 e. The molecular weight excluding hydrogens is 308 g/mol. The molecule has 0 amide bonds. The number of hydrogen-bond donors (Lipinski definition) is 1. The van der Waals surface area contributed by atoms with Gasteiger partial charge in [-0.05, 0) is 31.3 Å². The van der Waals surface area contributed by atoms with E-state index in [-0.39, 0.29) is 0 Å². The normalized spacial score (nSPS) is 20.4. The SMILES string of the molecule is CN1CCOC(CNCCOc2ccc(Br)cc2)C1. The second-order valence-electron chi connectivity index (χ2n) is 4.76. The minimum Gasteiger partial charge on any atom is -0.492 e. The Morgan fingerprint density at radius 2 is 2.21 bits per heavy atom. The van der Waals surface area contributed by atoms with Gasteiger partial charge in [0.15, 0.2) is 0 Å². The minimum atomic E-state index is 0.298. The molecule has 1 heterocycles. The molecule has 0 spiro atoms. The van der Waals surface area contributed by atoms with Crippen LogP contribution in [0.2, 0.25) is 0 Å². The van der Waals surface area contributed by atoms with Crippen LogP contribution in [0.5, 0.6) is 5.75 Å². The van der Waals surface area contributed by atoms with Gasteiger partial charge in [-0.2, -0.15) is 0 Å². The molecule has 1 aliphatic rings. The van der Waals surface area contributed by atoms with Crippen LogP contribution in [0, 0.1) is 0 Å². The summed E-state index contributed by atoms with van der Waals surface area (Å²) in [5.74, 6) is 0.902. The zero-order valence-corrected chi connectivity index (χ0v) is 12.9. The van der Waals surface area contributed by atoms with E-state index in [0.29, 0.717) is 12.7 Å². The Kier molecular flexibility index (Phi) is 6.10. The first kappa shape index (κ1) is 14.8. The molecule has 2 rings (SSSR count). The number of ether oxygens (including phenoxy) is 2. The number of halogens is 1. The summed E-state index contributed by atoms with van der Waals surface area (Å²) in [6.45, 7) is 5.25. The van der Waals surface area contributed by atoms with Crippen molar-refractivity contribution < 1.29 is 9.47 Å². The fraction of sp³-hybridized carbons (Fsp3) is 0.571. The summed E-state index contributed by atoms with van der Waals surface area (Å²) in [5, 5.41) is 3.37. The van der Waals surface area contributed by atoms with Gasteiger partial charge in [-0.1, -0.05) is 15.9 Å². The number of benzene rings is 1. The maximum atomic E-state index is 5.68. The first-order valence-corrected chi connectivity index (χ1v) is 7.42. The van der Waals surface area contributed by atoms with Crippen LogP contribution in [-0.4, -0.2) is 57.4 Å². The van der Waals surface area contributed by atoms with Crippen LogP contribution >= 0.6 is 15.9 Å². The number of hydrogen-bond acceptors (Lipinski definition) is 4. The Morgan fingerprint density at radius 1 is 1.42 bits per heavy atom. The first-order valence-electron chi connectivity index (χ1n) is 6.63. The highest BCUT2D eigenvalue weighted by atomic mass is 79.9. The summed E-state index contributed by atoms with van der Waals surface area (Å²) in [6, 6.07) is 7.88. The molecule has 0 bridgehead atoms. The maximum absolute atomic E-state index is 5.68. The molecule has 1 fully saturated rings. The highest BCUT2D eigenvalue weighted by molar-refractivity contribution is 9.10. The van der Waals surface area contributed by atoms with E-state index >= 15 is 0 Å². The Morgan fingerprint density at radius 3 is 2.95 bits per heavy atom. The van der Waals surface area contributed by atoms with E-state index in [9.17, 15) is 0 Å². The average Bonchev–Trinajstić information content (AvgIpc) is 2.41. The van der Waals surface area contributed by atoms with Crippen LogP contribution in [0.3, 0.4) is 0 Å². The summed E-state index contributed by atoms with van der Waals surface area (Å²) >= 11 is 3.40. The van der Waals surface area contributed by atoms with Crippen LogP contribution in [0.4, 0.5) is 0 Å². The topological polar surface area (TPSA) is 33.7 Å². The standard InChI is InChI=1S/C14H21BrN2O2/c1-17-7-9-19-14(11-17)10-16-6-8-18-13-4-2-12(15)3-5-13/h2-5,14,16H,6-11H2,1H3. The number of nitrogens with zero attached hydrogens (tertiary/aromatic N) is 1. The quantitative estimate of drug-likeness (QED) is 0.807. The monoisotopic (exact) mass is 328 g/mol. The molecule has 1 aromatic rings. The number of likely N-dealkylation sites (N-methyl/N-ethyl adjacent to an activating group) is 1. The third kappa shape index (κ3) is 5.48. The summed E-state index contributed by atoms with van der Waals surface area (Å²) in [5.41, 5.74) is 0. The van der Waals surface area contributed by atoms with E-state index in [0.717, 1.165) is 43.0 Å². The fourth-order valence-electron chi connectivity index (χ4n) is 2.03. The number of nitrogens with one attached hydrogen (secondary N) is 1. The Balaban J connectivity index is 1.55. The largest absolute Gasteiger partial charge is 0.492 e. The van der Waals surface area contributed by atoms with E-state index in [2.05, 4.69) is 33.2 Å². The first-order chi connectivity index (χ1) is 9.24. The van der Waals surface area contributed by atoms with Crippen molar-refractivity contribution in [2.24, 2.45) is 0 Å². The van der Waals surface area contributed by atoms with Crippen molar-refractivity contribution in [1.82, 2.24) is 10.2 Å². The Hall–Kier alpha value is -0.620. The van der Waals surface area contributed by atoms with Gasteiger partial charge in [-0.3, -0.25) is 0 Å². The van der Waals surface area contributed by atoms with Crippen molar-refractivity contribution in [2.75, 3.05) is 46.4 Å². The van der Waals surface area contributed by atoms with Gasteiger partial charge in [-0.15, -0.1) is 0 Å². The predicted molar refractivity (Wildman–Crippen MR) is 79.7 cm³/mol. The smallest absolute Gasteiger partial charge is 0.119 e. The lowest BCUT2D eigenvalue weighted by Gasteiger charge is -2.30.